The molecule has 0 bridgehead atoms. The van der Waals surface area contributed by atoms with Crippen molar-refractivity contribution in [2.75, 3.05) is 18.9 Å². The normalized spacial score (nSPS) is 11.0. The van der Waals surface area contributed by atoms with E-state index in [0.717, 1.165) is 28.6 Å². The summed E-state index contributed by atoms with van der Waals surface area (Å²) in [7, 11) is 2.15. The van der Waals surface area contributed by atoms with Gasteiger partial charge in [0.05, 0.1) is 5.69 Å². The van der Waals surface area contributed by atoms with Gasteiger partial charge in [-0.3, -0.25) is 4.98 Å². The molecule has 1 heterocycles. The predicted octanol–water partition coefficient (Wildman–Crippen LogP) is 3.84. The first-order valence-corrected chi connectivity index (χ1v) is 7.49. The molecule has 0 aliphatic carbocycles. The summed E-state index contributed by atoms with van der Waals surface area (Å²) in [5, 5.41) is 1.12. The third-order valence-corrected chi connectivity index (χ3v) is 3.42. The summed E-state index contributed by atoms with van der Waals surface area (Å²) in [6.45, 7) is 2.08. The minimum atomic E-state index is 0.932. The molecule has 0 fully saturated rings. The zero-order valence-corrected chi connectivity index (χ0v) is 12.8. The number of pyridine rings is 1. The minimum absolute atomic E-state index is 0.932. The zero-order valence-electron chi connectivity index (χ0n) is 9.63. The molecular formula is C12H18Br2N2. The Morgan fingerprint density at radius 3 is 2.69 bits per heavy atom. The van der Waals surface area contributed by atoms with E-state index in [9.17, 15) is 0 Å². The summed E-state index contributed by atoms with van der Waals surface area (Å²) in [6, 6.07) is 4.11. The van der Waals surface area contributed by atoms with Crippen molar-refractivity contribution in [1.82, 2.24) is 9.88 Å². The molecule has 4 heteroatoms. The molecule has 1 aromatic rings. The predicted molar refractivity (Wildman–Crippen MR) is 75.9 cm³/mol. The van der Waals surface area contributed by atoms with Gasteiger partial charge in [-0.1, -0.05) is 22.4 Å². The Bertz CT molecular complexity index is 288. The van der Waals surface area contributed by atoms with E-state index in [1.807, 2.05) is 12.3 Å². The van der Waals surface area contributed by atoms with Gasteiger partial charge in [-0.05, 0) is 54.5 Å². The lowest BCUT2D eigenvalue weighted by Gasteiger charge is -2.15. The van der Waals surface area contributed by atoms with Gasteiger partial charge >= 0.3 is 0 Å². The lowest BCUT2D eigenvalue weighted by Crippen LogP contribution is -2.19. The standard InChI is InChI=1S/C12H18Br2N2/c1-16(8-4-2-3-7-13)10-12-6-5-11(14)9-15-12/h5-6,9H,2-4,7-8,10H2,1H3. The maximum atomic E-state index is 4.37. The van der Waals surface area contributed by atoms with Gasteiger partial charge in [0.15, 0.2) is 0 Å². The van der Waals surface area contributed by atoms with Crippen molar-refractivity contribution in [3.8, 4) is 0 Å². The molecule has 16 heavy (non-hydrogen) atoms. The highest BCUT2D eigenvalue weighted by molar-refractivity contribution is 9.10. The van der Waals surface area contributed by atoms with E-state index in [0.29, 0.717) is 0 Å². The van der Waals surface area contributed by atoms with E-state index in [1.165, 1.54) is 19.3 Å². The first-order chi connectivity index (χ1) is 7.72. The summed E-state index contributed by atoms with van der Waals surface area (Å²) < 4.78 is 1.04. The van der Waals surface area contributed by atoms with E-state index in [1.54, 1.807) is 0 Å². The van der Waals surface area contributed by atoms with Crippen molar-refractivity contribution < 1.29 is 0 Å². The number of hydrogen-bond donors (Lipinski definition) is 0. The summed E-state index contributed by atoms with van der Waals surface area (Å²) in [6.07, 6.45) is 5.68. The third-order valence-electron chi connectivity index (χ3n) is 2.39. The van der Waals surface area contributed by atoms with Gasteiger partial charge in [-0.15, -0.1) is 0 Å². The van der Waals surface area contributed by atoms with E-state index >= 15 is 0 Å². The molecule has 1 rings (SSSR count). The minimum Gasteiger partial charge on any atom is -0.301 e. The van der Waals surface area contributed by atoms with Crippen LogP contribution in [0.25, 0.3) is 0 Å². The Balaban J connectivity index is 2.23. The number of halogens is 2. The van der Waals surface area contributed by atoms with Gasteiger partial charge < -0.3 is 4.90 Å². The Kier molecular flexibility index (Phi) is 7.25. The van der Waals surface area contributed by atoms with Crippen LogP contribution in [-0.2, 0) is 6.54 Å². The van der Waals surface area contributed by atoms with Crippen LogP contribution in [0.1, 0.15) is 25.0 Å². The number of hydrogen-bond acceptors (Lipinski definition) is 2. The van der Waals surface area contributed by atoms with E-state index in [4.69, 9.17) is 0 Å². The summed E-state index contributed by atoms with van der Waals surface area (Å²) in [5.41, 5.74) is 1.13. The van der Waals surface area contributed by atoms with Crippen LogP contribution >= 0.6 is 31.9 Å². The SMILES string of the molecule is CN(CCCCCBr)Cc1ccc(Br)cn1. The van der Waals surface area contributed by atoms with Crippen LogP contribution in [0.15, 0.2) is 22.8 Å². The third kappa shape index (κ3) is 5.97. The monoisotopic (exact) mass is 348 g/mol. The average molecular weight is 350 g/mol. The number of alkyl halides is 1. The molecule has 0 saturated heterocycles. The molecule has 0 amide bonds. The highest BCUT2D eigenvalue weighted by atomic mass is 79.9. The van der Waals surface area contributed by atoms with Gasteiger partial charge in [-0.25, -0.2) is 0 Å². The van der Waals surface area contributed by atoms with Crippen LogP contribution in [0.5, 0.6) is 0 Å². The van der Waals surface area contributed by atoms with E-state index < -0.39 is 0 Å². The van der Waals surface area contributed by atoms with Gasteiger partial charge in [0.2, 0.25) is 0 Å². The topological polar surface area (TPSA) is 16.1 Å². The molecule has 0 aliphatic rings. The van der Waals surface area contributed by atoms with Crippen molar-refractivity contribution in [2.45, 2.75) is 25.8 Å². The first-order valence-electron chi connectivity index (χ1n) is 5.57. The van der Waals surface area contributed by atoms with Crippen LogP contribution in [0, 0.1) is 0 Å². The molecule has 2 nitrogen and oxygen atoms in total. The maximum Gasteiger partial charge on any atom is 0.0544 e. The molecule has 0 radical (unpaired) electrons. The van der Waals surface area contributed by atoms with Crippen molar-refractivity contribution in [2.24, 2.45) is 0 Å². The van der Waals surface area contributed by atoms with Gasteiger partial charge in [-0.2, -0.15) is 0 Å². The quantitative estimate of drug-likeness (QED) is 0.549. The Labute approximate surface area is 115 Å². The maximum absolute atomic E-state index is 4.37. The first kappa shape index (κ1) is 14.1. The van der Waals surface area contributed by atoms with Gasteiger partial charge in [0.25, 0.3) is 0 Å². The Hall–Kier alpha value is 0.0700. The van der Waals surface area contributed by atoms with Crippen molar-refractivity contribution in [3.63, 3.8) is 0 Å². The van der Waals surface area contributed by atoms with Gasteiger partial charge in [0, 0.05) is 22.5 Å². The number of nitrogens with zero attached hydrogens (tertiary/aromatic N) is 2. The lowest BCUT2D eigenvalue weighted by molar-refractivity contribution is 0.314. The molecule has 0 N–H and O–H groups in total. The second-order valence-electron chi connectivity index (χ2n) is 3.96. The fraction of sp³-hybridized carbons (Fsp3) is 0.583. The molecule has 0 aromatic carbocycles. The molecule has 0 spiro atoms. The molecule has 1 aromatic heterocycles. The second-order valence-corrected chi connectivity index (χ2v) is 5.66. The number of unbranched alkanes of at least 4 members (excludes halogenated alkanes) is 2. The smallest absolute Gasteiger partial charge is 0.0544 e. The molecular weight excluding hydrogens is 332 g/mol. The molecule has 0 aliphatic heterocycles. The van der Waals surface area contributed by atoms with Crippen molar-refractivity contribution >= 4 is 31.9 Å². The second kappa shape index (κ2) is 8.20. The van der Waals surface area contributed by atoms with Crippen LogP contribution < -0.4 is 0 Å². The lowest BCUT2D eigenvalue weighted by atomic mass is 10.2. The highest BCUT2D eigenvalue weighted by Gasteiger charge is 2.01. The van der Waals surface area contributed by atoms with E-state index in [2.05, 4.69) is 54.9 Å². The largest absolute Gasteiger partial charge is 0.301 e. The molecule has 0 atom stereocenters. The summed E-state index contributed by atoms with van der Waals surface area (Å²) >= 11 is 6.84. The fourth-order valence-corrected chi connectivity index (χ4v) is 2.14. The van der Waals surface area contributed by atoms with Crippen molar-refractivity contribution in [1.29, 1.82) is 0 Å². The highest BCUT2D eigenvalue weighted by Crippen LogP contribution is 2.09. The Morgan fingerprint density at radius 2 is 2.06 bits per heavy atom. The van der Waals surface area contributed by atoms with Gasteiger partial charge in [0.1, 0.15) is 0 Å². The average Bonchev–Trinajstić information content (AvgIpc) is 2.28. The van der Waals surface area contributed by atoms with Crippen LogP contribution in [0.3, 0.4) is 0 Å². The summed E-state index contributed by atoms with van der Waals surface area (Å²) in [4.78, 5) is 6.69. The zero-order chi connectivity index (χ0) is 11.8. The van der Waals surface area contributed by atoms with Crippen LogP contribution in [0.4, 0.5) is 0 Å². The van der Waals surface area contributed by atoms with Crippen molar-refractivity contribution in [3.05, 3.63) is 28.5 Å². The Morgan fingerprint density at radius 1 is 1.25 bits per heavy atom. The molecule has 0 unspecified atom stereocenters. The molecule has 0 saturated carbocycles. The number of aromatic nitrogens is 1. The fourth-order valence-electron chi connectivity index (χ4n) is 1.51. The van der Waals surface area contributed by atoms with Crippen LogP contribution in [0.2, 0.25) is 0 Å². The summed E-state index contributed by atoms with van der Waals surface area (Å²) in [5.74, 6) is 0. The van der Waals surface area contributed by atoms with Crippen LogP contribution in [-0.4, -0.2) is 28.8 Å². The van der Waals surface area contributed by atoms with E-state index in [-0.39, 0.29) is 0 Å². The molecule has 90 valence electrons. The number of rotatable bonds is 7.